The fourth-order valence-electron chi connectivity index (χ4n) is 3.19. The number of hydrogen-bond acceptors (Lipinski definition) is 4. The Balaban J connectivity index is 1.72. The van der Waals surface area contributed by atoms with Gasteiger partial charge in [0.05, 0.1) is 40.5 Å². The first-order valence-electron chi connectivity index (χ1n) is 8.71. The van der Waals surface area contributed by atoms with Crippen LogP contribution in [0.3, 0.4) is 0 Å². The van der Waals surface area contributed by atoms with Crippen LogP contribution in [0.2, 0.25) is 0 Å². The molecule has 7 heteroatoms. The lowest BCUT2D eigenvalue weighted by Gasteiger charge is -2.35. The quantitative estimate of drug-likeness (QED) is 0.621. The van der Waals surface area contributed by atoms with Crippen LogP contribution < -0.4 is 10.1 Å². The summed E-state index contributed by atoms with van der Waals surface area (Å²) in [6.45, 7) is 3.97. The van der Waals surface area contributed by atoms with Gasteiger partial charge in [0.1, 0.15) is 17.4 Å². The van der Waals surface area contributed by atoms with Crippen LogP contribution in [-0.4, -0.2) is 33.4 Å². The molecule has 1 aliphatic rings. The predicted octanol–water partition coefficient (Wildman–Crippen LogP) is 4.51. The summed E-state index contributed by atoms with van der Waals surface area (Å²) in [5.41, 5.74) is 2.69. The SMILES string of the molecule is COc1cccc2cc(-c3ccc(F)c(C4CSC(C)(C)C(=N)N4)n3)[nH]c12. The smallest absolute Gasteiger partial charge is 0.146 e. The number of rotatable bonds is 3. The van der Waals surface area contributed by atoms with Crippen LogP contribution in [0.1, 0.15) is 25.6 Å². The van der Waals surface area contributed by atoms with Gasteiger partial charge < -0.3 is 15.0 Å². The van der Waals surface area contributed by atoms with Crippen LogP contribution >= 0.6 is 11.8 Å². The second-order valence-electron chi connectivity index (χ2n) is 7.06. The van der Waals surface area contributed by atoms with E-state index in [0.29, 0.717) is 23.0 Å². The van der Waals surface area contributed by atoms with E-state index < -0.39 is 0 Å². The molecule has 1 aromatic carbocycles. The van der Waals surface area contributed by atoms with Crippen LogP contribution in [0.5, 0.6) is 5.75 Å². The molecule has 0 saturated carbocycles. The Hall–Kier alpha value is -2.54. The van der Waals surface area contributed by atoms with Gasteiger partial charge in [-0.2, -0.15) is 0 Å². The molecule has 0 spiro atoms. The maximum atomic E-state index is 14.5. The number of halogens is 1. The third-order valence-corrected chi connectivity index (χ3v) is 6.27. The second-order valence-corrected chi connectivity index (χ2v) is 8.71. The normalized spacial score (nSPS) is 19.1. The Labute approximate surface area is 161 Å². The lowest BCUT2D eigenvalue weighted by atomic mass is 10.1. The van der Waals surface area contributed by atoms with Crippen LogP contribution in [-0.2, 0) is 0 Å². The van der Waals surface area contributed by atoms with Gasteiger partial charge in [-0.1, -0.05) is 12.1 Å². The molecular formula is C20H21FN4OS. The van der Waals surface area contributed by atoms with Gasteiger partial charge in [-0.25, -0.2) is 9.37 Å². The van der Waals surface area contributed by atoms with Gasteiger partial charge in [0.15, 0.2) is 0 Å². The number of aromatic nitrogens is 2. The minimum atomic E-state index is -0.363. The fraction of sp³-hybridized carbons (Fsp3) is 0.300. The largest absolute Gasteiger partial charge is 0.495 e. The number of benzene rings is 1. The summed E-state index contributed by atoms with van der Waals surface area (Å²) in [5, 5.41) is 12.3. The number of para-hydroxylation sites is 1. The standard InChI is InChI=1S/C20H21FN4OS/c1-20(2)19(22)25-15(10-27-20)18-12(21)7-8-13(23-18)14-9-11-5-4-6-16(26-3)17(11)24-14/h4-9,15,24H,10H2,1-3H3,(H2,22,25). The summed E-state index contributed by atoms with van der Waals surface area (Å²) in [6.07, 6.45) is 0. The van der Waals surface area contributed by atoms with Crippen molar-refractivity contribution in [2.75, 3.05) is 12.9 Å². The van der Waals surface area contributed by atoms with Gasteiger partial charge in [-0.3, -0.25) is 5.41 Å². The van der Waals surface area contributed by atoms with Crippen molar-refractivity contribution in [1.82, 2.24) is 15.3 Å². The maximum Gasteiger partial charge on any atom is 0.146 e. The molecule has 5 nitrogen and oxygen atoms in total. The predicted molar refractivity (Wildman–Crippen MR) is 108 cm³/mol. The third kappa shape index (κ3) is 3.16. The number of ether oxygens (including phenoxy) is 1. The average molecular weight is 384 g/mol. The van der Waals surface area contributed by atoms with Crippen molar-refractivity contribution in [1.29, 1.82) is 5.41 Å². The van der Waals surface area contributed by atoms with Crippen LogP contribution in [0.15, 0.2) is 36.4 Å². The van der Waals surface area contributed by atoms with Gasteiger partial charge in [0, 0.05) is 11.1 Å². The Kier molecular flexibility index (Phi) is 4.34. The number of nitrogens with one attached hydrogen (secondary N) is 3. The molecule has 1 aliphatic heterocycles. The molecule has 1 unspecified atom stereocenters. The molecule has 0 bridgehead atoms. The topological polar surface area (TPSA) is 73.8 Å². The summed E-state index contributed by atoms with van der Waals surface area (Å²) in [5.74, 6) is 1.44. The number of methoxy groups -OCH3 is 1. The molecule has 0 radical (unpaired) electrons. The highest BCUT2D eigenvalue weighted by Gasteiger charge is 2.34. The zero-order valence-electron chi connectivity index (χ0n) is 15.4. The molecule has 4 rings (SSSR count). The van der Waals surface area contributed by atoms with Gasteiger partial charge in [0.25, 0.3) is 0 Å². The summed E-state index contributed by atoms with van der Waals surface area (Å²) >= 11 is 1.63. The number of H-pyrrole nitrogens is 1. The Morgan fingerprint density at radius 2 is 2.11 bits per heavy atom. The van der Waals surface area contributed by atoms with Crippen LogP contribution in [0.25, 0.3) is 22.3 Å². The molecule has 3 aromatic rings. The van der Waals surface area contributed by atoms with E-state index in [4.69, 9.17) is 10.1 Å². The number of hydrogen-bond donors (Lipinski definition) is 3. The van der Waals surface area contributed by atoms with E-state index in [2.05, 4.69) is 15.3 Å². The number of aromatic amines is 1. The molecule has 2 aromatic heterocycles. The van der Waals surface area contributed by atoms with E-state index in [1.54, 1.807) is 24.9 Å². The Morgan fingerprint density at radius 1 is 1.30 bits per heavy atom. The molecule has 1 fully saturated rings. The number of thioether (sulfide) groups is 1. The first-order valence-corrected chi connectivity index (χ1v) is 9.69. The average Bonchev–Trinajstić information content (AvgIpc) is 3.09. The van der Waals surface area contributed by atoms with Gasteiger partial charge in [-0.15, -0.1) is 11.8 Å². The van der Waals surface area contributed by atoms with Crippen LogP contribution in [0, 0.1) is 11.2 Å². The molecule has 1 atom stereocenters. The van der Waals surface area contributed by atoms with Crippen molar-refractivity contribution in [2.45, 2.75) is 24.6 Å². The summed E-state index contributed by atoms with van der Waals surface area (Å²) < 4.78 is 19.6. The summed E-state index contributed by atoms with van der Waals surface area (Å²) in [7, 11) is 1.63. The monoisotopic (exact) mass is 384 g/mol. The van der Waals surface area contributed by atoms with Crippen molar-refractivity contribution >= 4 is 28.5 Å². The highest BCUT2D eigenvalue weighted by Crippen LogP contribution is 2.35. The molecule has 3 N–H and O–H groups in total. The van der Waals surface area contributed by atoms with E-state index >= 15 is 0 Å². The lowest BCUT2D eigenvalue weighted by molar-refractivity contribution is 0.419. The molecular weight excluding hydrogens is 363 g/mol. The van der Waals surface area contributed by atoms with E-state index in [0.717, 1.165) is 22.3 Å². The van der Waals surface area contributed by atoms with Crippen LogP contribution in [0.4, 0.5) is 4.39 Å². The fourth-order valence-corrected chi connectivity index (χ4v) is 4.22. The summed E-state index contributed by atoms with van der Waals surface area (Å²) in [6, 6.07) is 10.6. The zero-order chi connectivity index (χ0) is 19.2. The van der Waals surface area contributed by atoms with Crippen molar-refractivity contribution < 1.29 is 9.13 Å². The van der Waals surface area contributed by atoms with Gasteiger partial charge in [0.2, 0.25) is 0 Å². The number of fused-ring (bicyclic) bond motifs is 1. The highest BCUT2D eigenvalue weighted by molar-refractivity contribution is 8.01. The first kappa shape index (κ1) is 17.9. The molecule has 3 heterocycles. The Bertz CT molecular complexity index is 1030. The minimum Gasteiger partial charge on any atom is -0.495 e. The molecule has 0 aliphatic carbocycles. The molecule has 0 amide bonds. The third-order valence-electron chi connectivity index (χ3n) is 4.85. The number of nitrogens with zero attached hydrogens (tertiary/aromatic N) is 1. The van der Waals surface area contributed by atoms with Crippen molar-refractivity contribution in [3.05, 3.63) is 47.9 Å². The molecule has 140 valence electrons. The zero-order valence-corrected chi connectivity index (χ0v) is 16.2. The van der Waals surface area contributed by atoms with Crippen molar-refractivity contribution in [3.63, 3.8) is 0 Å². The number of pyridine rings is 1. The van der Waals surface area contributed by atoms with E-state index in [9.17, 15) is 4.39 Å². The molecule has 27 heavy (non-hydrogen) atoms. The first-order chi connectivity index (χ1) is 12.9. The highest BCUT2D eigenvalue weighted by atomic mass is 32.2. The van der Waals surface area contributed by atoms with E-state index in [1.165, 1.54) is 6.07 Å². The summed E-state index contributed by atoms with van der Waals surface area (Å²) in [4.78, 5) is 7.90. The van der Waals surface area contributed by atoms with E-state index in [-0.39, 0.29) is 16.6 Å². The van der Waals surface area contributed by atoms with E-state index in [1.807, 2.05) is 38.1 Å². The minimum absolute atomic E-state index is 0.293. The number of amidine groups is 1. The van der Waals surface area contributed by atoms with Gasteiger partial charge in [-0.05, 0) is 38.1 Å². The van der Waals surface area contributed by atoms with Crippen molar-refractivity contribution in [3.8, 4) is 17.1 Å². The second kappa shape index (κ2) is 6.56. The van der Waals surface area contributed by atoms with Gasteiger partial charge >= 0.3 is 0 Å². The maximum absolute atomic E-state index is 14.5. The van der Waals surface area contributed by atoms with Crippen molar-refractivity contribution in [2.24, 2.45) is 0 Å². The molecule has 1 saturated heterocycles. The lowest BCUT2D eigenvalue weighted by Crippen LogP contribution is -2.47. The Morgan fingerprint density at radius 3 is 2.85 bits per heavy atom.